The third-order valence-electron chi connectivity index (χ3n) is 3.91. The molecule has 0 aromatic heterocycles. The Labute approximate surface area is 106 Å². The van der Waals surface area contributed by atoms with Crippen molar-refractivity contribution in [1.82, 2.24) is 0 Å². The Kier molecular flexibility index (Phi) is 4.31. The van der Waals surface area contributed by atoms with E-state index in [0.717, 1.165) is 6.42 Å². The van der Waals surface area contributed by atoms with E-state index in [9.17, 15) is 0 Å². The van der Waals surface area contributed by atoms with E-state index in [1.54, 1.807) is 0 Å². The predicted molar refractivity (Wildman–Crippen MR) is 72.7 cm³/mol. The van der Waals surface area contributed by atoms with Crippen LogP contribution in [0.4, 0.5) is 0 Å². The van der Waals surface area contributed by atoms with Crippen LogP contribution in [0.15, 0.2) is 23.5 Å². The second kappa shape index (κ2) is 5.75. The van der Waals surface area contributed by atoms with Crippen LogP contribution in [0.25, 0.3) is 0 Å². The van der Waals surface area contributed by atoms with Crippen molar-refractivity contribution in [3.63, 3.8) is 0 Å². The molecule has 0 radical (unpaired) electrons. The lowest BCUT2D eigenvalue weighted by molar-refractivity contribution is 0.0976. The predicted octanol–water partition coefficient (Wildman–Crippen LogP) is 4.84. The average Bonchev–Trinajstić information content (AvgIpc) is 2.48. The van der Waals surface area contributed by atoms with Crippen LogP contribution in [0.1, 0.15) is 59.3 Å². The molecule has 0 saturated heterocycles. The molecule has 2 atom stereocenters. The first-order valence-electron chi connectivity index (χ1n) is 7.24. The SMILES string of the molecule is CC=CC1=C(CC(C)C)OC2CCCCCC12. The van der Waals surface area contributed by atoms with Crippen LogP contribution in [-0.4, -0.2) is 6.10 Å². The summed E-state index contributed by atoms with van der Waals surface area (Å²) in [4.78, 5) is 0. The van der Waals surface area contributed by atoms with E-state index in [0.29, 0.717) is 17.9 Å². The van der Waals surface area contributed by atoms with Crippen molar-refractivity contribution in [3.8, 4) is 0 Å². The zero-order valence-electron chi connectivity index (χ0n) is 11.5. The van der Waals surface area contributed by atoms with Gasteiger partial charge in [-0.25, -0.2) is 0 Å². The van der Waals surface area contributed by atoms with Crippen LogP contribution < -0.4 is 0 Å². The minimum Gasteiger partial charge on any atom is -0.494 e. The maximum Gasteiger partial charge on any atom is 0.105 e. The van der Waals surface area contributed by atoms with Gasteiger partial charge in [0.15, 0.2) is 0 Å². The summed E-state index contributed by atoms with van der Waals surface area (Å²) in [6.07, 6.45) is 12.8. The van der Waals surface area contributed by atoms with Crippen LogP contribution in [0.3, 0.4) is 0 Å². The Balaban J connectivity index is 2.19. The molecular weight excluding hydrogens is 208 g/mol. The van der Waals surface area contributed by atoms with Crippen molar-refractivity contribution >= 4 is 0 Å². The van der Waals surface area contributed by atoms with Gasteiger partial charge in [0, 0.05) is 12.3 Å². The van der Waals surface area contributed by atoms with Gasteiger partial charge in [0.05, 0.1) is 0 Å². The smallest absolute Gasteiger partial charge is 0.105 e. The molecule has 0 amide bonds. The van der Waals surface area contributed by atoms with Crippen LogP contribution in [0, 0.1) is 11.8 Å². The molecule has 0 spiro atoms. The number of hydrogen-bond acceptors (Lipinski definition) is 1. The summed E-state index contributed by atoms with van der Waals surface area (Å²) < 4.78 is 6.25. The van der Waals surface area contributed by atoms with Gasteiger partial charge >= 0.3 is 0 Å². The Morgan fingerprint density at radius 3 is 2.71 bits per heavy atom. The second-order valence-corrected chi connectivity index (χ2v) is 5.88. The lowest BCUT2D eigenvalue weighted by Gasteiger charge is -2.17. The van der Waals surface area contributed by atoms with Crippen molar-refractivity contribution in [1.29, 1.82) is 0 Å². The first-order chi connectivity index (χ1) is 8.22. The van der Waals surface area contributed by atoms with Crippen molar-refractivity contribution in [2.24, 2.45) is 11.8 Å². The monoisotopic (exact) mass is 234 g/mol. The highest BCUT2D eigenvalue weighted by molar-refractivity contribution is 5.30. The van der Waals surface area contributed by atoms with Gasteiger partial charge in [0.1, 0.15) is 11.9 Å². The zero-order valence-corrected chi connectivity index (χ0v) is 11.5. The molecule has 0 N–H and O–H groups in total. The second-order valence-electron chi connectivity index (χ2n) is 5.88. The Morgan fingerprint density at radius 1 is 1.24 bits per heavy atom. The fourth-order valence-electron chi connectivity index (χ4n) is 3.16. The quantitative estimate of drug-likeness (QED) is 0.679. The van der Waals surface area contributed by atoms with E-state index in [2.05, 4.69) is 32.9 Å². The molecule has 1 heterocycles. The topological polar surface area (TPSA) is 9.23 Å². The minimum absolute atomic E-state index is 0.484. The summed E-state index contributed by atoms with van der Waals surface area (Å²) >= 11 is 0. The van der Waals surface area contributed by atoms with Crippen molar-refractivity contribution < 1.29 is 4.74 Å². The molecule has 0 bridgehead atoms. The molecule has 2 rings (SSSR count). The Bertz CT molecular complexity index is 311. The van der Waals surface area contributed by atoms with Gasteiger partial charge in [0.2, 0.25) is 0 Å². The molecule has 0 aromatic rings. The van der Waals surface area contributed by atoms with E-state index < -0.39 is 0 Å². The summed E-state index contributed by atoms with van der Waals surface area (Å²) in [6, 6.07) is 0. The number of hydrogen-bond donors (Lipinski definition) is 0. The molecule has 1 nitrogen and oxygen atoms in total. The van der Waals surface area contributed by atoms with Gasteiger partial charge < -0.3 is 4.74 Å². The number of allylic oxidation sites excluding steroid dienone is 3. The molecular formula is C16H26O. The maximum absolute atomic E-state index is 6.25. The third kappa shape index (κ3) is 2.94. The lowest BCUT2D eigenvalue weighted by Crippen LogP contribution is -2.16. The van der Waals surface area contributed by atoms with Gasteiger partial charge in [-0.05, 0) is 37.7 Å². The average molecular weight is 234 g/mol. The molecule has 1 aliphatic heterocycles. The molecule has 96 valence electrons. The molecule has 1 aliphatic carbocycles. The summed E-state index contributed by atoms with van der Waals surface area (Å²) in [5, 5.41) is 0. The highest BCUT2D eigenvalue weighted by atomic mass is 16.5. The van der Waals surface area contributed by atoms with E-state index in [4.69, 9.17) is 4.74 Å². The molecule has 2 unspecified atom stereocenters. The largest absolute Gasteiger partial charge is 0.494 e. The van der Waals surface area contributed by atoms with Crippen molar-refractivity contribution in [3.05, 3.63) is 23.5 Å². The molecule has 1 heteroatoms. The van der Waals surface area contributed by atoms with Crippen LogP contribution >= 0.6 is 0 Å². The van der Waals surface area contributed by atoms with E-state index in [-0.39, 0.29) is 0 Å². The fourth-order valence-corrected chi connectivity index (χ4v) is 3.16. The van der Waals surface area contributed by atoms with E-state index in [1.807, 2.05) is 0 Å². The van der Waals surface area contributed by atoms with Gasteiger partial charge in [-0.1, -0.05) is 38.8 Å². The summed E-state index contributed by atoms with van der Waals surface area (Å²) in [7, 11) is 0. The minimum atomic E-state index is 0.484. The Morgan fingerprint density at radius 2 is 2.00 bits per heavy atom. The van der Waals surface area contributed by atoms with Gasteiger partial charge in [-0.15, -0.1) is 0 Å². The third-order valence-corrected chi connectivity index (χ3v) is 3.91. The van der Waals surface area contributed by atoms with Gasteiger partial charge in [-0.3, -0.25) is 0 Å². The maximum atomic E-state index is 6.25. The molecule has 1 fully saturated rings. The first-order valence-corrected chi connectivity index (χ1v) is 7.24. The number of fused-ring (bicyclic) bond motifs is 1. The number of rotatable bonds is 3. The highest BCUT2D eigenvalue weighted by Crippen LogP contribution is 2.41. The summed E-state index contributed by atoms with van der Waals surface area (Å²) in [5.74, 6) is 2.66. The van der Waals surface area contributed by atoms with E-state index in [1.165, 1.54) is 43.4 Å². The van der Waals surface area contributed by atoms with Crippen LogP contribution in [0.5, 0.6) is 0 Å². The van der Waals surface area contributed by atoms with E-state index >= 15 is 0 Å². The van der Waals surface area contributed by atoms with Crippen LogP contribution in [-0.2, 0) is 4.74 Å². The van der Waals surface area contributed by atoms with Gasteiger partial charge in [-0.2, -0.15) is 0 Å². The first kappa shape index (κ1) is 12.7. The molecule has 2 aliphatic rings. The summed E-state index contributed by atoms with van der Waals surface area (Å²) in [6.45, 7) is 6.67. The Hall–Kier alpha value is -0.720. The fraction of sp³-hybridized carbons (Fsp3) is 0.750. The zero-order chi connectivity index (χ0) is 12.3. The lowest BCUT2D eigenvalue weighted by atomic mass is 9.89. The molecule has 1 saturated carbocycles. The van der Waals surface area contributed by atoms with Crippen LogP contribution in [0.2, 0.25) is 0 Å². The normalized spacial score (nSPS) is 29.6. The highest BCUT2D eigenvalue weighted by Gasteiger charge is 2.35. The molecule has 17 heavy (non-hydrogen) atoms. The van der Waals surface area contributed by atoms with Gasteiger partial charge in [0.25, 0.3) is 0 Å². The summed E-state index contributed by atoms with van der Waals surface area (Å²) in [5.41, 5.74) is 1.51. The molecule has 0 aromatic carbocycles. The standard InChI is InChI=1S/C16H26O/c1-4-8-13-14-9-6-5-7-10-15(14)17-16(13)11-12(2)3/h4,8,12,14-15H,5-7,9-11H2,1-3H3. The van der Waals surface area contributed by atoms with Crippen molar-refractivity contribution in [2.75, 3.05) is 0 Å². The van der Waals surface area contributed by atoms with Crippen molar-refractivity contribution in [2.45, 2.75) is 65.4 Å². The number of ether oxygens (including phenoxy) is 1.